The van der Waals surface area contributed by atoms with Crippen LogP contribution in [0, 0.1) is 13.8 Å². The van der Waals surface area contributed by atoms with Gasteiger partial charge in [0.15, 0.2) is 0 Å². The lowest BCUT2D eigenvalue weighted by Crippen LogP contribution is -2.32. The SMILES string of the molecule is Cc1cc(/C=C2\SC(=O)N(CCOc3ccc(Cl)cc3)C2=O)c(C)n1-c1cccc(Cl)c1Cl. The summed E-state index contributed by atoms with van der Waals surface area (Å²) in [7, 11) is 0. The van der Waals surface area contributed by atoms with E-state index in [2.05, 4.69) is 0 Å². The minimum absolute atomic E-state index is 0.155. The average Bonchev–Trinajstić information content (AvgIpc) is 3.21. The molecule has 1 aliphatic rings. The largest absolute Gasteiger partial charge is 0.492 e. The molecule has 2 heterocycles. The van der Waals surface area contributed by atoms with Crippen LogP contribution in [0.4, 0.5) is 4.79 Å². The zero-order valence-corrected chi connectivity index (χ0v) is 20.9. The number of aromatic nitrogens is 1. The number of nitrogens with zero attached hydrogens (tertiary/aromatic N) is 2. The molecule has 2 aromatic carbocycles. The molecule has 0 bridgehead atoms. The lowest BCUT2D eigenvalue weighted by Gasteiger charge is -2.13. The van der Waals surface area contributed by atoms with Crippen LogP contribution in [-0.4, -0.2) is 33.8 Å². The summed E-state index contributed by atoms with van der Waals surface area (Å²) in [6.45, 7) is 4.22. The average molecular weight is 522 g/mol. The smallest absolute Gasteiger partial charge is 0.293 e. The van der Waals surface area contributed by atoms with Gasteiger partial charge in [-0.2, -0.15) is 0 Å². The predicted octanol–water partition coefficient (Wildman–Crippen LogP) is 7.17. The van der Waals surface area contributed by atoms with Gasteiger partial charge in [0, 0.05) is 16.4 Å². The molecule has 0 aliphatic carbocycles. The van der Waals surface area contributed by atoms with Crippen molar-refractivity contribution in [2.75, 3.05) is 13.2 Å². The second kappa shape index (κ2) is 9.85. The Kier molecular flexibility index (Phi) is 7.10. The molecule has 0 radical (unpaired) electrons. The monoisotopic (exact) mass is 520 g/mol. The summed E-state index contributed by atoms with van der Waals surface area (Å²) in [5, 5.41) is 1.20. The normalized spacial score (nSPS) is 15.1. The third-order valence-corrected chi connectivity index (χ3v) is 7.17. The van der Waals surface area contributed by atoms with Crippen molar-refractivity contribution in [3.8, 4) is 11.4 Å². The number of ether oxygens (including phenoxy) is 1. The highest BCUT2D eigenvalue weighted by Gasteiger charge is 2.35. The Bertz CT molecular complexity index is 1270. The van der Waals surface area contributed by atoms with Gasteiger partial charge in [-0.1, -0.05) is 40.9 Å². The maximum atomic E-state index is 12.9. The van der Waals surface area contributed by atoms with E-state index in [9.17, 15) is 9.59 Å². The van der Waals surface area contributed by atoms with E-state index in [0.29, 0.717) is 25.7 Å². The molecule has 1 aliphatic heterocycles. The third-order valence-electron chi connectivity index (χ3n) is 5.20. The molecule has 0 unspecified atom stereocenters. The van der Waals surface area contributed by atoms with E-state index in [4.69, 9.17) is 39.5 Å². The Labute approximate surface area is 210 Å². The number of imide groups is 1. The van der Waals surface area contributed by atoms with Crippen LogP contribution in [0.3, 0.4) is 0 Å². The molecule has 5 nitrogen and oxygen atoms in total. The summed E-state index contributed by atoms with van der Waals surface area (Å²) in [5.41, 5.74) is 3.39. The minimum Gasteiger partial charge on any atom is -0.492 e. The van der Waals surface area contributed by atoms with Crippen molar-refractivity contribution in [3.05, 3.63) is 85.5 Å². The molecule has 2 amide bonds. The van der Waals surface area contributed by atoms with Gasteiger partial charge in [0.05, 0.1) is 27.2 Å². The van der Waals surface area contributed by atoms with Crippen molar-refractivity contribution < 1.29 is 14.3 Å². The predicted molar refractivity (Wildman–Crippen MR) is 135 cm³/mol. The van der Waals surface area contributed by atoms with Crippen LogP contribution in [0.1, 0.15) is 17.0 Å². The third kappa shape index (κ3) is 4.94. The molecule has 4 rings (SSSR count). The molecule has 3 aromatic rings. The number of carbonyl (C=O) groups excluding carboxylic acids is 2. The number of benzene rings is 2. The fourth-order valence-electron chi connectivity index (χ4n) is 3.59. The highest BCUT2D eigenvalue weighted by atomic mass is 35.5. The second-order valence-electron chi connectivity index (χ2n) is 7.37. The summed E-state index contributed by atoms with van der Waals surface area (Å²) >= 11 is 19.4. The Balaban J connectivity index is 1.51. The number of hydrogen-bond acceptors (Lipinski definition) is 4. The summed E-state index contributed by atoms with van der Waals surface area (Å²) < 4.78 is 7.60. The van der Waals surface area contributed by atoms with Crippen molar-refractivity contribution in [2.45, 2.75) is 13.8 Å². The highest BCUT2D eigenvalue weighted by molar-refractivity contribution is 8.18. The lowest BCUT2D eigenvalue weighted by atomic mass is 10.2. The maximum absolute atomic E-state index is 12.9. The van der Waals surface area contributed by atoms with Gasteiger partial charge in [0.2, 0.25) is 0 Å². The number of hydrogen-bond donors (Lipinski definition) is 0. The molecule has 170 valence electrons. The number of halogens is 3. The van der Waals surface area contributed by atoms with Crippen LogP contribution in [0.5, 0.6) is 5.75 Å². The van der Waals surface area contributed by atoms with Crippen molar-refractivity contribution in [1.29, 1.82) is 0 Å². The van der Waals surface area contributed by atoms with Gasteiger partial charge in [-0.15, -0.1) is 0 Å². The van der Waals surface area contributed by atoms with Crippen LogP contribution in [0.15, 0.2) is 53.4 Å². The van der Waals surface area contributed by atoms with Crippen molar-refractivity contribution >= 4 is 63.8 Å². The molecule has 0 spiro atoms. The first-order valence-corrected chi connectivity index (χ1v) is 12.0. The quantitative estimate of drug-likeness (QED) is 0.323. The summed E-state index contributed by atoms with van der Waals surface area (Å²) in [4.78, 5) is 26.9. The molecular formula is C24H19Cl3N2O3S. The summed E-state index contributed by atoms with van der Waals surface area (Å²) in [6.07, 6.45) is 1.74. The van der Waals surface area contributed by atoms with E-state index in [-0.39, 0.29) is 24.3 Å². The summed E-state index contributed by atoms with van der Waals surface area (Å²) in [6, 6.07) is 14.3. The lowest BCUT2D eigenvalue weighted by molar-refractivity contribution is -0.123. The zero-order valence-electron chi connectivity index (χ0n) is 17.8. The number of amides is 2. The Morgan fingerprint density at radius 2 is 1.76 bits per heavy atom. The first kappa shape index (κ1) is 23.8. The molecule has 1 fully saturated rings. The number of carbonyl (C=O) groups is 2. The van der Waals surface area contributed by atoms with Crippen molar-refractivity contribution in [3.63, 3.8) is 0 Å². The molecule has 0 atom stereocenters. The van der Waals surface area contributed by atoms with Crippen LogP contribution in [-0.2, 0) is 4.79 Å². The van der Waals surface area contributed by atoms with Crippen LogP contribution >= 0.6 is 46.6 Å². The summed E-state index contributed by atoms with van der Waals surface area (Å²) in [5.74, 6) is 0.282. The van der Waals surface area contributed by atoms with E-state index in [0.717, 1.165) is 34.4 Å². The first-order chi connectivity index (χ1) is 15.8. The molecule has 1 saturated heterocycles. The van der Waals surface area contributed by atoms with Gasteiger partial charge in [0.25, 0.3) is 11.1 Å². The standard InChI is InChI=1S/C24H19Cl3N2O3S/c1-14-12-16(15(2)29(14)20-5-3-4-19(26)22(20)27)13-21-23(30)28(24(31)33-21)10-11-32-18-8-6-17(25)7-9-18/h3-9,12-13H,10-11H2,1-2H3/b21-13-. The van der Waals surface area contributed by atoms with Crippen molar-refractivity contribution in [1.82, 2.24) is 9.47 Å². The highest BCUT2D eigenvalue weighted by Crippen LogP contribution is 2.35. The van der Waals surface area contributed by atoms with E-state index < -0.39 is 0 Å². The van der Waals surface area contributed by atoms with E-state index >= 15 is 0 Å². The fraction of sp³-hybridized carbons (Fsp3) is 0.167. The minimum atomic E-state index is -0.338. The molecule has 0 saturated carbocycles. The van der Waals surface area contributed by atoms with Crippen LogP contribution in [0.2, 0.25) is 15.1 Å². The van der Waals surface area contributed by atoms with E-state index in [1.807, 2.05) is 36.6 Å². The molecule has 1 aromatic heterocycles. The van der Waals surface area contributed by atoms with Gasteiger partial charge < -0.3 is 9.30 Å². The molecule has 33 heavy (non-hydrogen) atoms. The van der Waals surface area contributed by atoms with Gasteiger partial charge in [-0.3, -0.25) is 14.5 Å². The first-order valence-electron chi connectivity index (χ1n) is 10.0. The molecule has 9 heteroatoms. The second-order valence-corrected chi connectivity index (χ2v) is 9.59. The zero-order chi connectivity index (χ0) is 23.7. The van der Waals surface area contributed by atoms with Gasteiger partial charge >= 0.3 is 0 Å². The van der Waals surface area contributed by atoms with Gasteiger partial charge in [-0.05, 0) is 79.7 Å². The molecule has 0 N–H and O–H groups in total. The Morgan fingerprint density at radius 1 is 1.03 bits per heavy atom. The number of aryl methyl sites for hydroxylation is 1. The van der Waals surface area contributed by atoms with Crippen LogP contribution in [0.25, 0.3) is 11.8 Å². The van der Waals surface area contributed by atoms with Crippen LogP contribution < -0.4 is 4.74 Å². The number of rotatable bonds is 6. The molecular weight excluding hydrogens is 503 g/mol. The Hall–Kier alpha value is -2.38. The Morgan fingerprint density at radius 3 is 2.48 bits per heavy atom. The van der Waals surface area contributed by atoms with Gasteiger partial charge in [0.1, 0.15) is 12.4 Å². The van der Waals surface area contributed by atoms with Gasteiger partial charge in [-0.25, -0.2) is 0 Å². The number of thioether (sulfide) groups is 1. The fourth-order valence-corrected chi connectivity index (χ4v) is 4.95. The van der Waals surface area contributed by atoms with E-state index in [1.54, 1.807) is 36.4 Å². The van der Waals surface area contributed by atoms with E-state index in [1.165, 1.54) is 4.90 Å². The van der Waals surface area contributed by atoms with Crippen molar-refractivity contribution in [2.24, 2.45) is 0 Å². The topological polar surface area (TPSA) is 51.5 Å². The maximum Gasteiger partial charge on any atom is 0.293 e.